The van der Waals surface area contributed by atoms with E-state index < -0.39 is 41.6 Å². The molecule has 1 aliphatic rings. The molecule has 1 aliphatic carbocycles. The smallest absolute Gasteiger partial charge is 0.248 e. The fourth-order valence-electron chi connectivity index (χ4n) is 7.46. The minimum atomic E-state index is -0.900. The van der Waals surface area contributed by atoms with Crippen molar-refractivity contribution in [3.8, 4) is 11.1 Å². The Labute approximate surface area is 306 Å². The maximum atomic E-state index is 15.1. The second kappa shape index (κ2) is 18.5. The Morgan fingerprint density at radius 2 is 1.79 bits per heavy atom. The first-order valence-electron chi connectivity index (χ1n) is 18.4. The van der Waals surface area contributed by atoms with Crippen LogP contribution in [0.25, 0.3) is 11.1 Å². The van der Waals surface area contributed by atoms with Gasteiger partial charge in [0.25, 0.3) is 0 Å². The van der Waals surface area contributed by atoms with Crippen LogP contribution in [0.3, 0.4) is 0 Å². The SMILES string of the molecule is CCC(=O)NCCCC(=O)[C@@H]1CCC[C@@H]1CC(=O)[C@@H](N)CCN(C(=O)CO)[C@@H](c1cc(-c2cc(F)ccc2F)cn1Cc1ccccc1)C(C)(C)C. The predicted octanol–water partition coefficient (Wildman–Crippen LogP) is 6.36. The Hall–Kier alpha value is -4.22. The standard InChI is InChI=1S/C41H54F2N4O5/c1-5-38(51)45-19-10-15-36(49)31-14-9-13-28(31)22-37(50)34(44)18-20-47(39(52)26-48)40(41(2,3)4)35-21-29(32-23-30(42)16-17-33(32)43)25-46(35)24-27-11-7-6-8-12-27/h6-8,11-12,16-17,21,23,25,28,31,34,40,48H,5,9-10,13-15,18-20,22,24,26,44H2,1-4H3,(H,45,51)/t28-,31-,34+,40+/m1/s1. The van der Waals surface area contributed by atoms with E-state index >= 15 is 4.39 Å². The zero-order valence-corrected chi connectivity index (χ0v) is 30.9. The Kier molecular flexibility index (Phi) is 14.4. The molecule has 4 atom stereocenters. The molecule has 0 radical (unpaired) electrons. The molecule has 282 valence electrons. The summed E-state index contributed by atoms with van der Waals surface area (Å²) >= 11 is 0. The van der Waals surface area contributed by atoms with E-state index in [-0.39, 0.29) is 54.3 Å². The maximum absolute atomic E-state index is 15.1. The first kappa shape index (κ1) is 40.5. The maximum Gasteiger partial charge on any atom is 0.248 e. The Morgan fingerprint density at radius 3 is 2.46 bits per heavy atom. The van der Waals surface area contributed by atoms with Gasteiger partial charge in [0.05, 0.1) is 12.1 Å². The number of hydrogen-bond acceptors (Lipinski definition) is 6. The van der Waals surface area contributed by atoms with Crippen LogP contribution in [0.4, 0.5) is 8.78 Å². The number of nitrogens with zero attached hydrogens (tertiary/aromatic N) is 2. The number of ketones is 2. The highest BCUT2D eigenvalue weighted by Gasteiger charge is 2.38. The number of rotatable bonds is 18. The second-order valence-electron chi connectivity index (χ2n) is 15.0. The number of aliphatic hydroxyl groups excluding tert-OH is 1. The molecule has 0 spiro atoms. The van der Waals surface area contributed by atoms with Gasteiger partial charge >= 0.3 is 0 Å². The van der Waals surface area contributed by atoms with E-state index in [2.05, 4.69) is 5.32 Å². The molecule has 52 heavy (non-hydrogen) atoms. The molecule has 0 aliphatic heterocycles. The van der Waals surface area contributed by atoms with Gasteiger partial charge in [-0.1, -0.05) is 64.4 Å². The van der Waals surface area contributed by atoms with Crippen LogP contribution in [0.2, 0.25) is 0 Å². The van der Waals surface area contributed by atoms with Crippen molar-refractivity contribution < 1.29 is 33.1 Å². The second-order valence-corrected chi connectivity index (χ2v) is 15.0. The number of hydrogen-bond donors (Lipinski definition) is 3. The van der Waals surface area contributed by atoms with Gasteiger partial charge in [-0.15, -0.1) is 0 Å². The third-order valence-electron chi connectivity index (χ3n) is 10.1. The van der Waals surface area contributed by atoms with Crippen molar-refractivity contribution in [1.82, 2.24) is 14.8 Å². The number of aliphatic hydroxyl groups is 1. The van der Waals surface area contributed by atoms with Crippen LogP contribution in [0.15, 0.2) is 60.8 Å². The van der Waals surface area contributed by atoms with Gasteiger partial charge in [-0.25, -0.2) is 8.78 Å². The van der Waals surface area contributed by atoms with E-state index in [0.717, 1.165) is 43.0 Å². The zero-order chi connectivity index (χ0) is 38.0. The Bertz CT molecular complexity index is 1690. The van der Waals surface area contributed by atoms with Crippen LogP contribution in [-0.4, -0.2) is 63.7 Å². The Morgan fingerprint density at radius 1 is 1.06 bits per heavy atom. The van der Waals surface area contributed by atoms with Crippen molar-refractivity contribution in [2.75, 3.05) is 19.7 Å². The molecular weight excluding hydrogens is 666 g/mol. The fraction of sp³-hybridized carbons (Fsp3) is 0.512. The molecular formula is C41H54F2N4O5. The molecule has 1 heterocycles. The lowest BCUT2D eigenvalue weighted by Crippen LogP contribution is -2.46. The minimum Gasteiger partial charge on any atom is -0.387 e. The third kappa shape index (κ3) is 10.7. The van der Waals surface area contributed by atoms with Crippen molar-refractivity contribution in [3.05, 3.63) is 83.7 Å². The highest BCUT2D eigenvalue weighted by Crippen LogP contribution is 2.41. The van der Waals surface area contributed by atoms with Gasteiger partial charge in [0.1, 0.15) is 29.8 Å². The molecule has 2 amide bonds. The van der Waals surface area contributed by atoms with Gasteiger partial charge < -0.3 is 25.6 Å². The number of aromatic nitrogens is 1. The summed E-state index contributed by atoms with van der Waals surface area (Å²) in [6.45, 7) is 7.76. The van der Waals surface area contributed by atoms with Gasteiger partial charge in [-0.05, 0) is 66.8 Å². The van der Waals surface area contributed by atoms with Crippen molar-refractivity contribution in [1.29, 1.82) is 0 Å². The summed E-state index contributed by atoms with van der Waals surface area (Å²) in [5.74, 6) is -2.16. The van der Waals surface area contributed by atoms with E-state index in [0.29, 0.717) is 43.6 Å². The van der Waals surface area contributed by atoms with Gasteiger partial charge in [0.15, 0.2) is 0 Å². The molecule has 0 saturated heterocycles. The van der Waals surface area contributed by atoms with Crippen molar-refractivity contribution in [2.24, 2.45) is 23.0 Å². The number of carbonyl (C=O) groups excluding carboxylic acids is 4. The van der Waals surface area contributed by atoms with E-state index in [4.69, 9.17) is 5.73 Å². The van der Waals surface area contributed by atoms with Crippen LogP contribution in [0.5, 0.6) is 0 Å². The summed E-state index contributed by atoms with van der Waals surface area (Å²) < 4.78 is 31.3. The quantitative estimate of drug-likeness (QED) is 0.131. The molecule has 4 rings (SSSR count). The highest BCUT2D eigenvalue weighted by atomic mass is 19.1. The topological polar surface area (TPSA) is 135 Å². The molecule has 0 bridgehead atoms. The lowest BCUT2D eigenvalue weighted by molar-refractivity contribution is -0.140. The van der Waals surface area contributed by atoms with Gasteiger partial charge in [0.2, 0.25) is 11.8 Å². The number of nitrogens with one attached hydrogen (secondary N) is 1. The molecule has 9 nitrogen and oxygen atoms in total. The number of amides is 2. The van der Waals surface area contributed by atoms with Crippen LogP contribution >= 0.6 is 0 Å². The summed E-state index contributed by atoms with van der Waals surface area (Å²) in [7, 11) is 0. The summed E-state index contributed by atoms with van der Waals surface area (Å²) in [6, 6.07) is 13.1. The molecule has 1 fully saturated rings. The van der Waals surface area contributed by atoms with Gasteiger partial charge in [-0.3, -0.25) is 19.2 Å². The first-order valence-corrected chi connectivity index (χ1v) is 18.4. The normalized spacial score (nSPS) is 17.1. The summed E-state index contributed by atoms with van der Waals surface area (Å²) in [5.41, 5.74) is 8.00. The van der Waals surface area contributed by atoms with Crippen LogP contribution < -0.4 is 11.1 Å². The van der Waals surface area contributed by atoms with E-state index in [1.165, 1.54) is 4.90 Å². The average molecular weight is 721 g/mol. The van der Waals surface area contributed by atoms with Gasteiger partial charge in [0, 0.05) is 67.8 Å². The van der Waals surface area contributed by atoms with Gasteiger partial charge in [-0.2, -0.15) is 0 Å². The number of nitrogens with two attached hydrogens (primary N) is 1. The molecule has 1 saturated carbocycles. The van der Waals surface area contributed by atoms with E-state index in [9.17, 15) is 28.7 Å². The van der Waals surface area contributed by atoms with Crippen LogP contribution in [-0.2, 0) is 25.7 Å². The minimum absolute atomic E-state index is 0.0518. The van der Waals surface area contributed by atoms with E-state index in [1.807, 2.05) is 55.7 Å². The average Bonchev–Trinajstić information content (AvgIpc) is 3.75. The Balaban J connectivity index is 1.55. The predicted molar refractivity (Wildman–Crippen MR) is 197 cm³/mol. The van der Waals surface area contributed by atoms with Crippen LogP contribution in [0, 0.1) is 28.9 Å². The first-order chi connectivity index (χ1) is 24.7. The largest absolute Gasteiger partial charge is 0.387 e. The molecule has 0 unspecified atom stereocenters. The number of carbonyl (C=O) groups is 4. The van der Waals surface area contributed by atoms with Crippen molar-refractivity contribution in [3.63, 3.8) is 0 Å². The molecule has 11 heteroatoms. The van der Waals surface area contributed by atoms with Crippen LogP contribution in [0.1, 0.15) is 96.4 Å². The zero-order valence-electron chi connectivity index (χ0n) is 30.9. The third-order valence-corrected chi connectivity index (χ3v) is 10.1. The lowest BCUT2D eigenvalue weighted by Gasteiger charge is -2.41. The summed E-state index contributed by atoms with van der Waals surface area (Å²) in [5, 5.41) is 12.9. The summed E-state index contributed by atoms with van der Waals surface area (Å²) in [6.07, 6.45) is 5.68. The fourth-order valence-corrected chi connectivity index (χ4v) is 7.46. The number of Topliss-reactive ketones (excluding diaryl/α,β-unsaturated/α-hetero) is 2. The highest BCUT2D eigenvalue weighted by molar-refractivity contribution is 5.86. The molecule has 2 aromatic carbocycles. The summed E-state index contributed by atoms with van der Waals surface area (Å²) in [4.78, 5) is 53.1. The molecule has 1 aromatic heterocycles. The van der Waals surface area contributed by atoms with E-state index in [1.54, 1.807) is 19.2 Å². The number of halogens is 2. The lowest BCUT2D eigenvalue weighted by atomic mass is 9.82. The molecule has 4 N–H and O–H groups in total. The molecule has 3 aromatic rings. The van der Waals surface area contributed by atoms with Crippen molar-refractivity contribution in [2.45, 2.75) is 97.7 Å². The van der Waals surface area contributed by atoms with Crippen molar-refractivity contribution >= 4 is 23.4 Å². The monoisotopic (exact) mass is 720 g/mol. The number of benzene rings is 2.